The van der Waals surface area contributed by atoms with Crippen LogP contribution in [0.3, 0.4) is 0 Å². The number of aliphatic imine (C=N–C) groups is 1. The van der Waals surface area contributed by atoms with Gasteiger partial charge in [-0.1, -0.05) is 0 Å². The first-order valence-electron chi connectivity index (χ1n) is 7.15. The van der Waals surface area contributed by atoms with Crippen molar-refractivity contribution < 1.29 is 4.74 Å². The minimum atomic E-state index is 0.154. The average molecular weight is 299 g/mol. The van der Waals surface area contributed by atoms with Crippen LogP contribution in [0.1, 0.15) is 25.4 Å². The van der Waals surface area contributed by atoms with E-state index in [0.29, 0.717) is 12.5 Å². The summed E-state index contributed by atoms with van der Waals surface area (Å²) >= 11 is 0. The number of benzene rings is 1. The zero-order valence-electron chi connectivity index (χ0n) is 13.1. The minimum Gasteiger partial charge on any atom is -0.491 e. The Labute approximate surface area is 130 Å². The Kier molecular flexibility index (Phi) is 5.30. The van der Waals surface area contributed by atoms with Crippen molar-refractivity contribution in [1.29, 1.82) is 0 Å². The van der Waals surface area contributed by atoms with Crippen LogP contribution in [0.25, 0.3) is 0 Å². The molecule has 3 N–H and O–H groups in total. The number of aromatic nitrogens is 2. The second-order valence-corrected chi connectivity index (χ2v) is 5.11. The van der Waals surface area contributed by atoms with Gasteiger partial charge in [0.15, 0.2) is 5.96 Å². The molecular weight excluding hydrogens is 278 g/mol. The van der Waals surface area contributed by atoms with Crippen molar-refractivity contribution in [2.45, 2.75) is 33.4 Å². The number of nitrogens with two attached hydrogens (primary N) is 1. The molecule has 0 amide bonds. The van der Waals surface area contributed by atoms with Gasteiger partial charge in [0, 0.05) is 11.9 Å². The number of anilines is 1. The summed E-state index contributed by atoms with van der Waals surface area (Å²) in [4.78, 5) is 12.6. The van der Waals surface area contributed by atoms with Gasteiger partial charge in [-0.3, -0.25) is 0 Å². The van der Waals surface area contributed by atoms with Gasteiger partial charge < -0.3 is 15.8 Å². The van der Waals surface area contributed by atoms with Crippen LogP contribution in [0, 0.1) is 6.92 Å². The topological polar surface area (TPSA) is 85.4 Å². The molecule has 0 aliphatic heterocycles. The molecule has 0 spiro atoms. The number of nitrogens with one attached hydrogen (secondary N) is 1. The lowest BCUT2D eigenvalue weighted by molar-refractivity contribution is 0.242. The quantitative estimate of drug-likeness (QED) is 0.654. The Morgan fingerprint density at radius 2 is 2.00 bits per heavy atom. The van der Waals surface area contributed by atoms with E-state index in [9.17, 15) is 0 Å². The lowest BCUT2D eigenvalue weighted by atomic mass is 10.3. The Balaban J connectivity index is 1.93. The second-order valence-electron chi connectivity index (χ2n) is 5.11. The van der Waals surface area contributed by atoms with Gasteiger partial charge in [-0.15, -0.1) is 0 Å². The van der Waals surface area contributed by atoms with Crippen molar-refractivity contribution in [3.05, 3.63) is 48.0 Å². The van der Waals surface area contributed by atoms with Gasteiger partial charge in [0.1, 0.15) is 11.6 Å². The van der Waals surface area contributed by atoms with Gasteiger partial charge >= 0.3 is 0 Å². The number of guanidine groups is 1. The largest absolute Gasteiger partial charge is 0.491 e. The molecule has 0 aliphatic carbocycles. The lowest BCUT2D eigenvalue weighted by Gasteiger charge is -2.10. The van der Waals surface area contributed by atoms with Crippen LogP contribution >= 0.6 is 0 Å². The molecule has 1 heterocycles. The summed E-state index contributed by atoms with van der Waals surface area (Å²) in [5.41, 5.74) is 7.56. The first-order chi connectivity index (χ1) is 10.5. The number of hydrogen-bond donors (Lipinski definition) is 2. The van der Waals surface area contributed by atoms with E-state index in [4.69, 9.17) is 10.5 Å². The van der Waals surface area contributed by atoms with Crippen LogP contribution in [0.4, 0.5) is 5.69 Å². The van der Waals surface area contributed by atoms with Crippen LogP contribution in [0.2, 0.25) is 0 Å². The van der Waals surface area contributed by atoms with E-state index in [1.807, 2.05) is 51.1 Å². The van der Waals surface area contributed by atoms with Crippen LogP contribution < -0.4 is 15.8 Å². The molecule has 0 atom stereocenters. The lowest BCUT2D eigenvalue weighted by Crippen LogP contribution is -2.22. The van der Waals surface area contributed by atoms with Crippen LogP contribution in [0.15, 0.2) is 41.5 Å². The maximum atomic E-state index is 5.87. The zero-order chi connectivity index (χ0) is 15.9. The van der Waals surface area contributed by atoms with Crippen molar-refractivity contribution in [2.24, 2.45) is 10.7 Å². The highest BCUT2D eigenvalue weighted by Gasteiger charge is 2.00. The third-order valence-corrected chi connectivity index (χ3v) is 2.74. The normalized spacial score (nSPS) is 11.5. The van der Waals surface area contributed by atoms with E-state index < -0.39 is 0 Å². The van der Waals surface area contributed by atoms with E-state index >= 15 is 0 Å². The first-order valence-corrected chi connectivity index (χ1v) is 7.15. The number of aryl methyl sites for hydroxylation is 1. The number of rotatable bonds is 5. The number of nitrogens with zero attached hydrogens (tertiary/aromatic N) is 3. The summed E-state index contributed by atoms with van der Waals surface area (Å²) in [5.74, 6) is 1.89. The molecule has 1 aromatic heterocycles. The summed E-state index contributed by atoms with van der Waals surface area (Å²) in [6.45, 7) is 6.24. The van der Waals surface area contributed by atoms with Crippen LogP contribution in [0.5, 0.6) is 5.75 Å². The SMILES string of the molecule is Cc1nccc(CN=C(N)Nc2ccc(OC(C)C)cc2)n1. The first kappa shape index (κ1) is 15.8. The molecule has 22 heavy (non-hydrogen) atoms. The maximum absolute atomic E-state index is 5.87. The van der Waals surface area contributed by atoms with E-state index in [1.165, 1.54) is 0 Å². The summed E-state index contributed by atoms with van der Waals surface area (Å²) in [6, 6.07) is 9.40. The smallest absolute Gasteiger partial charge is 0.193 e. The van der Waals surface area contributed by atoms with Crippen molar-refractivity contribution >= 4 is 11.6 Å². The highest BCUT2D eigenvalue weighted by atomic mass is 16.5. The summed E-state index contributed by atoms with van der Waals surface area (Å²) in [7, 11) is 0. The van der Waals surface area contributed by atoms with E-state index in [2.05, 4.69) is 20.3 Å². The highest BCUT2D eigenvalue weighted by molar-refractivity contribution is 5.92. The predicted octanol–water partition coefficient (Wildman–Crippen LogP) is 2.50. The number of ether oxygens (including phenoxy) is 1. The van der Waals surface area contributed by atoms with Gasteiger partial charge in [-0.2, -0.15) is 0 Å². The van der Waals surface area contributed by atoms with E-state index in [-0.39, 0.29) is 6.10 Å². The fraction of sp³-hybridized carbons (Fsp3) is 0.312. The molecule has 2 rings (SSSR count). The molecule has 0 bridgehead atoms. The van der Waals surface area contributed by atoms with Crippen LogP contribution in [-0.2, 0) is 6.54 Å². The van der Waals surface area contributed by atoms with Crippen LogP contribution in [-0.4, -0.2) is 22.0 Å². The molecule has 0 unspecified atom stereocenters. The average Bonchev–Trinajstić information content (AvgIpc) is 2.47. The molecule has 0 saturated carbocycles. The third kappa shape index (κ3) is 5.05. The Bertz CT molecular complexity index is 637. The third-order valence-electron chi connectivity index (χ3n) is 2.74. The molecule has 2 aromatic rings. The Hall–Kier alpha value is -2.63. The molecule has 0 saturated heterocycles. The van der Waals surface area contributed by atoms with Gasteiger partial charge in [0.25, 0.3) is 0 Å². The predicted molar refractivity (Wildman–Crippen MR) is 87.9 cm³/mol. The molecule has 116 valence electrons. The molecular formula is C16H21N5O. The van der Waals surface area contributed by atoms with Crippen molar-refractivity contribution in [3.63, 3.8) is 0 Å². The summed E-state index contributed by atoms with van der Waals surface area (Å²) < 4.78 is 5.59. The monoisotopic (exact) mass is 299 g/mol. The second kappa shape index (κ2) is 7.40. The molecule has 0 aliphatic rings. The Morgan fingerprint density at radius 1 is 1.27 bits per heavy atom. The van der Waals surface area contributed by atoms with E-state index in [0.717, 1.165) is 23.0 Å². The van der Waals surface area contributed by atoms with Gasteiger partial charge in [0.2, 0.25) is 0 Å². The molecule has 0 radical (unpaired) electrons. The summed E-state index contributed by atoms with van der Waals surface area (Å²) in [6.07, 6.45) is 1.87. The van der Waals surface area contributed by atoms with E-state index in [1.54, 1.807) is 6.20 Å². The van der Waals surface area contributed by atoms with Gasteiger partial charge in [-0.05, 0) is 51.1 Å². The molecule has 0 fully saturated rings. The summed E-state index contributed by atoms with van der Waals surface area (Å²) in [5, 5.41) is 3.04. The molecule has 1 aromatic carbocycles. The van der Waals surface area contributed by atoms with Crippen molar-refractivity contribution in [2.75, 3.05) is 5.32 Å². The van der Waals surface area contributed by atoms with Gasteiger partial charge in [-0.25, -0.2) is 15.0 Å². The molecule has 6 nitrogen and oxygen atoms in total. The maximum Gasteiger partial charge on any atom is 0.193 e. The highest BCUT2D eigenvalue weighted by Crippen LogP contribution is 2.16. The fourth-order valence-corrected chi connectivity index (χ4v) is 1.84. The minimum absolute atomic E-state index is 0.154. The standard InChI is InChI=1S/C16H21N5O/c1-11(2)22-15-6-4-13(5-7-15)21-16(17)19-10-14-8-9-18-12(3)20-14/h4-9,11H,10H2,1-3H3,(H3,17,19,21). The van der Waals surface area contributed by atoms with Gasteiger partial charge in [0.05, 0.1) is 18.3 Å². The Morgan fingerprint density at radius 3 is 2.64 bits per heavy atom. The van der Waals surface area contributed by atoms with Crippen molar-refractivity contribution in [3.8, 4) is 5.75 Å². The zero-order valence-corrected chi connectivity index (χ0v) is 13.1. The fourth-order valence-electron chi connectivity index (χ4n) is 1.84. The van der Waals surface area contributed by atoms with Crippen molar-refractivity contribution in [1.82, 2.24) is 9.97 Å². The molecule has 6 heteroatoms. The number of hydrogen-bond acceptors (Lipinski definition) is 4.